The molecule has 2 aromatic carbocycles. The predicted octanol–water partition coefficient (Wildman–Crippen LogP) is 3.94. The number of alkyl halides is 3. The Morgan fingerprint density at radius 3 is 2.45 bits per heavy atom. The second kappa shape index (κ2) is 8.39. The minimum atomic E-state index is -4.80. The van der Waals surface area contributed by atoms with Gasteiger partial charge in [0, 0.05) is 24.5 Å². The minimum absolute atomic E-state index is 0.0169. The average Bonchev–Trinajstić information content (AvgIpc) is 3.23. The number of hydrogen-bond donors (Lipinski definition) is 1. The molecule has 0 saturated heterocycles. The molecule has 2 heterocycles. The predicted molar refractivity (Wildman–Crippen MR) is 110 cm³/mol. The number of nitrogens with two attached hydrogens (primary N) is 1. The van der Waals surface area contributed by atoms with Crippen LogP contribution in [0.1, 0.15) is 27.2 Å². The third-order valence-electron chi connectivity index (χ3n) is 4.90. The van der Waals surface area contributed by atoms with Crippen LogP contribution in [0, 0.1) is 5.82 Å². The van der Waals surface area contributed by atoms with Gasteiger partial charge in [0.2, 0.25) is 4.34 Å². The molecule has 7 nitrogen and oxygen atoms in total. The van der Waals surface area contributed by atoms with E-state index in [9.17, 15) is 30.8 Å². The number of thiazole rings is 1. The number of ether oxygens (including phenoxy) is 1. The first-order valence-corrected chi connectivity index (χ1v) is 11.8. The Hall–Kier alpha value is -3.03. The molecule has 33 heavy (non-hydrogen) atoms. The van der Waals surface area contributed by atoms with E-state index in [0.29, 0.717) is 30.8 Å². The van der Waals surface area contributed by atoms with E-state index < -0.39 is 33.5 Å². The van der Waals surface area contributed by atoms with Crippen LogP contribution in [-0.2, 0) is 29.2 Å². The van der Waals surface area contributed by atoms with E-state index in [-0.39, 0.29) is 22.3 Å². The molecule has 13 heteroatoms. The molecule has 4 rings (SSSR count). The molecule has 1 aliphatic rings. The monoisotopic (exact) mass is 501 g/mol. The average molecular weight is 501 g/mol. The summed E-state index contributed by atoms with van der Waals surface area (Å²) in [6, 6.07) is 7.26. The van der Waals surface area contributed by atoms with Crippen molar-refractivity contribution >= 4 is 27.3 Å². The van der Waals surface area contributed by atoms with Gasteiger partial charge in [0.1, 0.15) is 23.0 Å². The van der Waals surface area contributed by atoms with Crippen molar-refractivity contribution in [1.29, 1.82) is 0 Å². The Labute approximate surface area is 189 Å². The molecule has 0 atom stereocenters. The summed E-state index contributed by atoms with van der Waals surface area (Å²) in [5, 5.41) is 6.36. The van der Waals surface area contributed by atoms with Gasteiger partial charge in [0.25, 0.3) is 15.9 Å². The SMILES string of the molecule is NS(=O)(=O)c1nc(C(=O)N2CCc3cc(Oc4ccc(C(F)(F)F)c(F)c4)ccc3C2)cs1. The molecule has 0 aliphatic carbocycles. The van der Waals surface area contributed by atoms with Crippen LogP contribution in [0.5, 0.6) is 11.5 Å². The van der Waals surface area contributed by atoms with E-state index in [0.717, 1.165) is 28.5 Å². The second-order valence-electron chi connectivity index (χ2n) is 7.19. The zero-order valence-electron chi connectivity index (χ0n) is 16.6. The molecule has 0 radical (unpaired) electrons. The highest BCUT2D eigenvalue weighted by molar-refractivity contribution is 7.91. The highest BCUT2D eigenvalue weighted by Crippen LogP contribution is 2.34. The smallest absolute Gasteiger partial charge is 0.419 e. The lowest BCUT2D eigenvalue weighted by Gasteiger charge is -2.28. The first-order valence-electron chi connectivity index (χ1n) is 9.36. The van der Waals surface area contributed by atoms with Crippen molar-refractivity contribution in [3.8, 4) is 11.5 Å². The van der Waals surface area contributed by atoms with Gasteiger partial charge in [0.15, 0.2) is 0 Å². The van der Waals surface area contributed by atoms with Crippen LogP contribution in [0.2, 0.25) is 0 Å². The van der Waals surface area contributed by atoms with E-state index in [1.165, 1.54) is 10.3 Å². The summed E-state index contributed by atoms with van der Waals surface area (Å²) >= 11 is 0.763. The molecule has 2 N–H and O–H groups in total. The molecule has 0 saturated carbocycles. The van der Waals surface area contributed by atoms with Crippen LogP contribution in [0.25, 0.3) is 0 Å². The molecular weight excluding hydrogens is 486 g/mol. The van der Waals surface area contributed by atoms with Crippen molar-refractivity contribution in [1.82, 2.24) is 9.88 Å². The van der Waals surface area contributed by atoms with Crippen molar-refractivity contribution in [2.45, 2.75) is 23.5 Å². The Morgan fingerprint density at radius 1 is 1.12 bits per heavy atom. The summed E-state index contributed by atoms with van der Waals surface area (Å²) in [5.41, 5.74) is 0.271. The zero-order valence-corrected chi connectivity index (χ0v) is 18.2. The third-order valence-corrected chi connectivity index (χ3v) is 7.10. The van der Waals surface area contributed by atoms with E-state index in [4.69, 9.17) is 9.88 Å². The number of fused-ring (bicyclic) bond motifs is 1. The second-order valence-corrected chi connectivity index (χ2v) is 9.79. The number of aromatic nitrogens is 1. The quantitative estimate of drug-likeness (QED) is 0.546. The fourth-order valence-corrected chi connectivity index (χ4v) is 4.76. The minimum Gasteiger partial charge on any atom is -0.457 e. The maximum Gasteiger partial charge on any atom is 0.419 e. The number of carbonyl (C=O) groups excluding carboxylic acids is 1. The number of benzene rings is 2. The van der Waals surface area contributed by atoms with Gasteiger partial charge in [-0.05, 0) is 41.8 Å². The highest BCUT2D eigenvalue weighted by Gasteiger charge is 2.34. The third kappa shape index (κ3) is 4.99. The van der Waals surface area contributed by atoms with Crippen LogP contribution < -0.4 is 9.88 Å². The number of nitrogens with zero attached hydrogens (tertiary/aromatic N) is 2. The summed E-state index contributed by atoms with van der Waals surface area (Å²) in [6.45, 7) is 0.567. The summed E-state index contributed by atoms with van der Waals surface area (Å²) in [6.07, 6.45) is -4.34. The lowest BCUT2D eigenvalue weighted by atomic mass is 9.99. The fourth-order valence-electron chi connectivity index (χ4n) is 3.34. The van der Waals surface area contributed by atoms with Crippen LogP contribution in [0.15, 0.2) is 46.1 Å². The maximum absolute atomic E-state index is 13.8. The van der Waals surface area contributed by atoms with Gasteiger partial charge < -0.3 is 9.64 Å². The Bertz CT molecular complexity index is 1340. The Balaban J connectivity index is 1.47. The summed E-state index contributed by atoms with van der Waals surface area (Å²) in [7, 11) is -3.99. The molecule has 174 valence electrons. The van der Waals surface area contributed by atoms with E-state index in [1.807, 2.05) is 0 Å². The normalized spacial score (nSPS) is 14.2. The van der Waals surface area contributed by atoms with Crippen molar-refractivity contribution in [2.24, 2.45) is 5.14 Å². The molecule has 0 spiro atoms. The fraction of sp³-hybridized carbons (Fsp3) is 0.200. The summed E-state index contributed by atoms with van der Waals surface area (Å²) in [5.74, 6) is -1.64. The van der Waals surface area contributed by atoms with Crippen LogP contribution >= 0.6 is 11.3 Å². The molecule has 0 fully saturated rings. The topological polar surface area (TPSA) is 103 Å². The van der Waals surface area contributed by atoms with Crippen molar-refractivity contribution in [3.63, 3.8) is 0 Å². The van der Waals surface area contributed by atoms with Crippen molar-refractivity contribution < 1.29 is 35.5 Å². The number of carbonyl (C=O) groups is 1. The Kier molecular flexibility index (Phi) is 5.88. The number of sulfonamides is 1. The van der Waals surface area contributed by atoms with Gasteiger partial charge in [0.05, 0.1) is 5.56 Å². The number of rotatable bonds is 4. The van der Waals surface area contributed by atoms with Crippen LogP contribution in [0.3, 0.4) is 0 Å². The molecule has 1 aromatic heterocycles. The standard InChI is InChI=1S/C20H15F4N3O4S2/c21-16-8-14(3-4-15(16)20(22,23)24)31-13-2-1-12-9-27(6-5-11(12)7-13)18(28)17-10-32-19(26-17)33(25,29)30/h1-4,7-8,10H,5-6,9H2,(H2,25,29,30). The van der Waals surface area contributed by atoms with E-state index in [1.54, 1.807) is 18.2 Å². The summed E-state index contributed by atoms with van der Waals surface area (Å²) in [4.78, 5) is 18.0. The van der Waals surface area contributed by atoms with Crippen LogP contribution in [0.4, 0.5) is 17.6 Å². The lowest BCUT2D eigenvalue weighted by molar-refractivity contribution is -0.140. The molecular formula is C20H15F4N3O4S2. The van der Waals surface area contributed by atoms with Gasteiger partial charge in [-0.3, -0.25) is 4.79 Å². The van der Waals surface area contributed by atoms with Gasteiger partial charge in [-0.1, -0.05) is 6.07 Å². The highest BCUT2D eigenvalue weighted by atomic mass is 32.2. The number of hydrogen-bond acceptors (Lipinski definition) is 6. The molecule has 0 bridgehead atoms. The van der Waals surface area contributed by atoms with Gasteiger partial charge >= 0.3 is 6.18 Å². The van der Waals surface area contributed by atoms with E-state index in [2.05, 4.69) is 4.98 Å². The van der Waals surface area contributed by atoms with Gasteiger partial charge in [-0.15, -0.1) is 11.3 Å². The first-order chi connectivity index (χ1) is 15.4. The molecule has 1 amide bonds. The zero-order chi connectivity index (χ0) is 24.0. The van der Waals surface area contributed by atoms with Gasteiger partial charge in [-0.25, -0.2) is 22.9 Å². The van der Waals surface area contributed by atoms with Crippen molar-refractivity contribution in [3.05, 3.63) is 70.0 Å². The number of halogens is 4. The Morgan fingerprint density at radius 2 is 1.82 bits per heavy atom. The maximum atomic E-state index is 13.8. The van der Waals surface area contributed by atoms with E-state index >= 15 is 0 Å². The van der Waals surface area contributed by atoms with Crippen molar-refractivity contribution in [2.75, 3.05) is 6.54 Å². The molecule has 0 unspecified atom stereocenters. The van der Waals surface area contributed by atoms with Gasteiger partial charge in [-0.2, -0.15) is 13.2 Å². The van der Waals surface area contributed by atoms with Crippen LogP contribution in [-0.4, -0.2) is 30.8 Å². The molecule has 3 aromatic rings. The number of primary sulfonamides is 1. The summed E-state index contributed by atoms with van der Waals surface area (Å²) < 4.78 is 79.8. The lowest BCUT2D eigenvalue weighted by Crippen LogP contribution is -2.36. The molecule has 1 aliphatic heterocycles. The largest absolute Gasteiger partial charge is 0.457 e. The number of amides is 1. The first kappa shape index (κ1) is 23.1.